The molecule has 2 aromatic rings. The molecule has 1 fully saturated rings. The first kappa shape index (κ1) is 19.6. The smallest absolute Gasteiger partial charge is 0.315 e. The Bertz CT molecular complexity index is 909. The maximum Gasteiger partial charge on any atom is 0.315 e. The fourth-order valence-corrected chi connectivity index (χ4v) is 6.29. The molecule has 144 valence electrons. The Morgan fingerprint density at radius 2 is 1.70 bits per heavy atom. The lowest BCUT2D eigenvalue weighted by atomic mass is 9.98. The van der Waals surface area contributed by atoms with Crippen molar-refractivity contribution in [3.63, 3.8) is 0 Å². The van der Waals surface area contributed by atoms with Crippen molar-refractivity contribution in [2.45, 2.75) is 36.3 Å². The van der Waals surface area contributed by atoms with Gasteiger partial charge in [-0.2, -0.15) is 0 Å². The highest BCUT2D eigenvalue weighted by molar-refractivity contribution is 7.92. The van der Waals surface area contributed by atoms with E-state index in [2.05, 4.69) is 6.92 Å². The molecule has 3 rings (SSSR count). The zero-order valence-corrected chi connectivity index (χ0v) is 16.4. The first-order chi connectivity index (χ1) is 12.9. The van der Waals surface area contributed by atoms with Gasteiger partial charge in [0.2, 0.25) is 0 Å². The zero-order chi connectivity index (χ0) is 19.7. The van der Waals surface area contributed by atoms with Crippen LogP contribution in [0.25, 0.3) is 0 Å². The van der Waals surface area contributed by atoms with Crippen LogP contribution in [0.5, 0.6) is 0 Å². The third kappa shape index (κ3) is 3.17. The zero-order valence-electron chi connectivity index (χ0n) is 15.6. The normalized spacial score (nSPS) is 24.4. The molecule has 27 heavy (non-hydrogen) atoms. The Labute approximate surface area is 160 Å². The summed E-state index contributed by atoms with van der Waals surface area (Å²) in [6.07, 6.45) is 0.886. The number of carbonyl (C=O) groups is 1. The van der Waals surface area contributed by atoms with Gasteiger partial charge < -0.3 is 10.5 Å². The van der Waals surface area contributed by atoms with E-state index in [0.717, 1.165) is 17.5 Å². The van der Waals surface area contributed by atoms with Crippen LogP contribution in [0.2, 0.25) is 0 Å². The topological polar surface area (TPSA) is 86.5 Å². The number of aryl methyl sites for hydroxylation is 1. The SMILES string of the molecule is CCOC(=O)[C@]1(CN)[C@@H](c2ccc(CC)cc2)[C@@H]1S(=O)(=O)c1ccccc1. The molecular formula is C21H25NO4S. The first-order valence-electron chi connectivity index (χ1n) is 9.18. The highest BCUT2D eigenvalue weighted by Crippen LogP contribution is 2.64. The fourth-order valence-electron chi connectivity index (χ4n) is 3.89. The Balaban J connectivity index is 2.09. The first-order valence-corrected chi connectivity index (χ1v) is 10.7. The van der Waals surface area contributed by atoms with Gasteiger partial charge in [-0.15, -0.1) is 0 Å². The van der Waals surface area contributed by atoms with Crippen molar-refractivity contribution < 1.29 is 17.9 Å². The summed E-state index contributed by atoms with van der Waals surface area (Å²) in [6, 6.07) is 15.9. The van der Waals surface area contributed by atoms with E-state index >= 15 is 0 Å². The molecule has 6 heteroatoms. The third-order valence-electron chi connectivity index (χ3n) is 5.40. The molecule has 0 aromatic heterocycles. The van der Waals surface area contributed by atoms with Crippen LogP contribution in [-0.4, -0.2) is 32.8 Å². The minimum Gasteiger partial charge on any atom is -0.465 e. The van der Waals surface area contributed by atoms with Crippen molar-refractivity contribution in [3.05, 3.63) is 65.7 Å². The molecule has 0 unspecified atom stereocenters. The number of rotatable bonds is 7. The Hall–Kier alpha value is -2.18. The van der Waals surface area contributed by atoms with Gasteiger partial charge in [-0.3, -0.25) is 4.79 Å². The van der Waals surface area contributed by atoms with Crippen LogP contribution in [0.15, 0.2) is 59.5 Å². The Morgan fingerprint density at radius 1 is 1.07 bits per heavy atom. The van der Waals surface area contributed by atoms with Crippen molar-refractivity contribution in [2.75, 3.05) is 13.2 Å². The molecule has 2 N–H and O–H groups in total. The van der Waals surface area contributed by atoms with Gasteiger partial charge >= 0.3 is 5.97 Å². The van der Waals surface area contributed by atoms with Gasteiger partial charge in [0.1, 0.15) is 5.41 Å². The molecular weight excluding hydrogens is 362 g/mol. The number of esters is 1. The quantitative estimate of drug-likeness (QED) is 0.738. The van der Waals surface area contributed by atoms with E-state index in [4.69, 9.17) is 10.5 Å². The largest absolute Gasteiger partial charge is 0.465 e. The predicted octanol–water partition coefficient (Wildman–Crippen LogP) is 2.70. The van der Waals surface area contributed by atoms with Gasteiger partial charge in [-0.05, 0) is 36.6 Å². The summed E-state index contributed by atoms with van der Waals surface area (Å²) in [6.45, 7) is 3.86. The van der Waals surface area contributed by atoms with Gasteiger partial charge in [-0.1, -0.05) is 49.4 Å². The lowest BCUT2D eigenvalue weighted by Gasteiger charge is -2.14. The standard InChI is InChI=1S/C21H25NO4S/c1-3-15-10-12-16(13-11-15)18-19(21(18,14-22)20(23)26-4-2)27(24,25)17-8-6-5-7-9-17/h5-13,18-19H,3-4,14,22H2,1-2H3/t18-,19-,21+/m0/s1. The van der Waals surface area contributed by atoms with Crippen molar-refractivity contribution in [1.82, 2.24) is 0 Å². The summed E-state index contributed by atoms with van der Waals surface area (Å²) in [5.74, 6) is -1.06. The van der Waals surface area contributed by atoms with E-state index in [1.54, 1.807) is 37.3 Å². The second-order valence-corrected chi connectivity index (χ2v) is 8.89. The predicted molar refractivity (Wildman–Crippen MR) is 104 cm³/mol. The molecule has 5 nitrogen and oxygen atoms in total. The van der Waals surface area contributed by atoms with Gasteiger partial charge in [0.05, 0.1) is 16.8 Å². The molecule has 0 saturated heterocycles. The van der Waals surface area contributed by atoms with Gasteiger partial charge in [0.15, 0.2) is 9.84 Å². The second kappa shape index (κ2) is 7.44. The van der Waals surface area contributed by atoms with E-state index in [-0.39, 0.29) is 18.0 Å². The van der Waals surface area contributed by atoms with Gasteiger partial charge in [-0.25, -0.2) is 8.42 Å². The van der Waals surface area contributed by atoms with Crippen molar-refractivity contribution in [2.24, 2.45) is 11.1 Å². The minimum atomic E-state index is -3.74. The summed E-state index contributed by atoms with van der Waals surface area (Å²) in [4.78, 5) is 13.0. The Morgan fingerprint density at radius 3 is 2.22 bits per heavy atom. The lowest BCUT2D eigenvalue weighted by molar-refractivity contribution is -0.149. The number of hydrogen-bond donors (Lipinski definition) is 1. The average Bonchev–Trinajstić information content (AvgIpc) is 3.40. The fraction of sp³-hybridized carbons (Fsp3) is 0.381. The minimum absolute atomic E-state index is 0.0806. The highest BCUT2D eigenvalue weighted by atomic mass is 32.2. The van der Waals surface area contributed by atoms with Crippen molar-refractivity contribution in [3.8, 4) is 0 Å². The maximum atomic E-state index is 13.3. The number of benzene rings is 2. The Kier molecular flexibility index (Phi) is 5.40. The average molecular weight is 388 g/mol. The summed E-state index contributed by atoms with van der Waals surface area (Å²) in [5, 5.41) is -0.927. The van der Waals surface area contributed by atoms with E-state index < -0.39 is 32.4 Å². The number of ether oxygens (including phenoxy) is 1. The number of carbonyl (C=O) groups excluding carboxylic acids is 1. The van der Waals surface area contributed by atoms with Crippen LogP contribution in [0, 0.1) is 5.41 Å². The van der Waals surface area contributed by atoms with E-state index in [9.17, 15) is 13.2 Å². The molecule has 1 saturated carbocycles. The molecule has 1 aliphatic rings. The molecule has 0 aliphatic heterocycles. The van der Waals surface area contributed by atoms with Gasteiger partial charge in [0, 0.05) is 12.5 Å². The van der Waals surface area contributed by atoms with Crippen LogP contribution >= 0.6 is 0 Å². The van der Waals surface area contributed by atoms with Crippen LogP contribution < -0.4 is 5.73 Å². The van der Waals surface area contributed by atoms with Crippen LogP contribution in [0.3, 0.4) is 0 Å². The van der Waals surface area contributed by atoms with Gasteiger partial charge in [0.25, 0.3) is 0 Å². The van der Waals surface area contributed by atoms with E-state index in [1.165, 1.54) is 0 Å². The summed E-state index contributed by atoms with van der Waals surface area (Å²) >= 11 is 0. The third-order valence-corrected chi connectivity index (χ3v) is 7.69. The highest BCUT2D eigenvalue weighted by Gasteiger charge is 2.75. The summed E-state index contributed by atoms with van der Waals surface area (Å²) < 4.78 is 31.9. The molecule has 0 spiro atoms. The molecule has 0 radical (unpaired) electrons. The molecule has 2 aromatic carbocycles. The maximum absolute atomic E-state index is 13.3. The van der Waals surface area contributed by atoms with E-state index in [0.29, 0.717) is 0 Å². The second-order valence-electron chi connectivity index (χ2n) is 6.82. The monoisotopic (exact) mass is 387 g/mol. The number of sulfone groups is 1. The van der Waals surface area contributed by atoms with Crippen molar-refractivity contribution in [1.29, 1.82) is 0 Å². The molecule has 0 amide bonds. The molecule has 1 aliphatic carbocycles. The lowest BCUT2D eigenvalue weighted by Crippen LogP contribution is -2.33. The number of nitrogens with two attached hydrogens (primary N) is 1. The van der Waals surface area contributed by atoms with Crippen LogP contribution in [-0.2, 0) is 25.8 Å². The molecule has 3 atom stereocenters. The van der Waals surface area contributed by atoms with Crippen LogP contribution in [0.1, 0.15) is 30.9 Å². The summed E-state index contributed by atoms with van der Waals surface area (Å²) in [5.41, 5.74) is 6.68. The van der Waals surface area contributed by atoms with Crippen LogP contribution in [0.4, 0.5) is 0 Å². The summed E-state index contributed by atoms with van der Waals surface area (Å²) in [7, 11) is -3.74. The molecule has 0 bridgehead atoms. The van der Waals surface area contributed by atoms with Crippen molar-refractivity contribution >= 4 is 15.8 Å². The number of hydrogen-bond acceptors (Lipinski definition) is 5. The molecule has 0 heterocycles. The van der Waals surface area contributed by atoms with E-state index in [1.807, 2.05) is 24.3 Å².